The molecule has 0 bridgehead atoms. The van der Waals surface area contributed by atoms with Crippen LogP contribution in [0.4, 0.5) is 5.82 Å². The number of benzene rings is 1. The second kappa shape index (κ2) is 7.53. The fourth-order valence-electron chi connectivity index (χ4n) is 2.96. The van der Waals surface area contributed by atoms with Crippen LogP contribution in [0.3, 0.4) is 0 Å². The summed E-state index contributed by atoms with van der Waals surface area (Å²) in [6.45, 7) is 1.77. The van der Waals surface area contributed by atoms with Crippen LogP contribution in [0.25, 0.3) is 11.5 Å². The molecule has 3 aromatic rings. The highest BCUT2D eigenvalue weighted by Crippen LogP contribution is 2.22. The minimum Gasteiger partial charge on any atom is -0.485 e. The predicted molar refractivity (Wildman–Crippen MR) is 95.8 cm³/mol. The number of piperidine rings is 1. The van der Waals surface area contributed by atoms with E-state index in [2.05, 4.69) is 20.0 Å². The van der Waals surface area contributed by atoms with Crippen LogP contribution in [-0.2, 0) is 6.61 Å². The van der Waals surface area contributed by atoms with Gasteiger partial charge in [0.05, 0.1) is 11.7 Å². The molecule has 4 rings (SSSR count). The highest BCUT2D eigenvalue weighted by atomic mass is 16.5. The molecule has 3 heterocycles. The van der Waals surface area contributed by atoms with Crippen molar-refractivity contribution in [3.05, 3.63) is 54.5 Å². The third-order valence-corrected chi connectivity index (χ3v) is 4.29. The number of β-amino-alcohol motifs (C(OH)–C–C–N with tert-alkyl or cyclic N) is 1. The van der Waals surface area contributed by atoms with E-state index in [-0.39, 0.29) is 12.7 Å². The number of anilines is 1. The number of hydrogen-bond donors (Lipinski definition) is 1. The van der Waals surface area contributed by atoms with Crippen LogP contribution in [0.1, 0.15) is 18.7 Å². The van der Waals surface area contributed by atoms with Crippen molar-refractivity contribution in [1.29, 1.82) is 0 Å². The van der Waals surface area contributed by atoms with Gasteiger partial charge in [0.25, 0.3) is 5.89 Å². The first kappa shape index (κ1) is 16.5. The van der Waals surface area contributed by atoms with Crippen molar-refractivity contribution in [2.75, 3.05) is 18.0 Å². The number of para-hydroxylation sites is 1. The summed E-state index contributed by atoms with van der Waals surface area (Å²) in [7, 11) is 0. The summed E-state index contributed by atoms with van der Waals surface area (Å²) in [5, 5.41) is 13.7. The van der Waals surface area contributed by atoms with E-state index >= 15 is 0 Å². The van der Waals surface area contributed by atoms with Gasteiger partial charge in [-0.05, 0) is 37.1 Å². The predicted octanol–water partition coefficient (Wildman–Crippen LogP) is 2.67. The topological polar surface area (TPSA) is 84.5 Å². The van der Waals surface area contributed by atoms with E-state index in [9.17, 15) is 5.11 Å². The Labute approximate surface area is 151 Å². The maximum Gasteiger partial charge on any atom is 0.259 e. The normalized spacial score (nSPS) is 17.3. The summed E-state index contributed by atoms with van der Waals surface area (Å²) in [6.07, 6.45) is 3.25. The Kier molecular flexibility index (Phi) is 4.79. The summed E-state index contributed by atoms with van der Waals surface area (Å²) in [5.74, 6) is 2.50. The molecule has 1 aliphatic heterocycles. The molecule has 0 aliphatic carbocycles. The number of aliphatic hydroxyl groups is 1. The first-order valence-corrected chi connectivity index (χ1v) is 8.68. The fraction of sp³-hybridized carbons (Fsp3) is 0.316. The highest BCUT2D eigenvalue weighted by molar-refractivity contribution is 5.54. The molecular weight excluding hydrogens is 332 g/mol. The molecule has 7 nitrogen and oxygen atoms in total. The molecule has 1 fully saturated rings. The van der Waals surface area contributed by atoms with E-state index in [1.165, 1.54) is 0 Å². The molecule has 0 saturated carbocycles. The monoisotopic (exact) mass is 352 g/mol. The maximum absolute atomic E-state index is 9.79. The van der Waals surface area contributed by atoms with Crippen LogP contribution in [0, 0.1) is 0 Å². The van der Waals surface area contributed by atoms with Crippen molar-refractivity contribution in [3.63, 3.8) is 0 Å². The summed E-state index contributed by atoms with van der Waals surface area (Å²) < 4.78 is 10.9. The number of nitrogens with zero attached hydrogens (tertiary/aromatic N) is 4. The Morgan fingerprint density at radius 2 is 2.08 bits per heavy atom. The number of hydrogen-bond acceptors (Lipinski definition) is 7. The van der Waals surface area contributed by atoms with Crippen LogP contribution in [0.15, 0.2) is 53.2 Å². The lowest BCUT2D eigenvalue weighted by Crippen LogP contribution is -2.38. The van der Waals surface area contributed by atoms with Crippen LogP contribution in [0.5, 0.6) is 5.75 Å². The van der Waals surface area contributed by atoms with Gasteiger partial charge in [-0.3, -0.25) is 0 Å². The zero-order chi connectivity index (χ0) is 17.8. The minimum absolute atomic E-state index is 0.241. The smallest absolute Gasteiger partial charge is 0.259 e. The average Bonchev–Trinajstić information content (AvgIpc) is 3.16. The average molecular weight is 352 g/mol. The lowest BCUT2D eigenvalue weighted by atomic mass is 10.1. The SMILES string of the molecule is O[C@H]1CCCN(c2ccc(-c3nc(COc4ccccc4)no3)cn2)C1. The second-order valence-electron chi connectivity index (χ2n) is 6.26. The van der Waals surface area contributed by atoms with Gasteiger partial charge in [-0.25, -0.2) is 4.98 Å². The van der Waals surface area contributed by atoms with Gasteiger partial charge in [0, 0.05) is 19.3 Å². The zero-order valence-corrected chi connectivity index (χ0v) is 14.3. The first-order chi connectivity index (χ1) is 12.8. The van der Waals surface area contributed by atoms with Crippen LogP contribution < -0.4 is 9.64 Å². The maximum atomic E-state index is 9.79. The molecule has 1 aromatic carbocycles. The van der Waals surface area contributed by atoms with Gasteiger partial charge in [-0.2, -0.15) is 4.98 Å². The van der Waals surface area contributed by atoms with Crippen molar-refractivity contribution >= 4 is 5.82 Å². The third kappa shape index (κ3) is 3.83. The molecule has 1 saturated heterocycles. The Bertz CT molecular complexity index is 836. The number of aromatic nitrogens is 3. The summed E-state index contributed by atoms with van der Waals surface area (Å²) >= 11 is 0. The molecule has 1 aliphatic rings. The molecule has 134 valence electrons. The standard InChI is InChI=1S/C19H20N4O3/c24-15-5-4-10-23(12-15)18-9-8-14(11-20-18)19-21-17(22-26-19)13-25-16-6-2-1-3-7-16/h1-3,6-9,11,15,24H,4-5,10,12-13H2/t15-/m0/s1. The van der Waals surface area contributed by atoms with E-state index in [0.29, 0.717) is 18.3 Å². The molecule has 0 spiro atoms. The van der Waals surface area contributed by atoms with Crippen LogP contribution in [-0.4, -0.2) is 39.4 Å². The Morgan fingerprint density at radius 3 is 2.85 bits per heavy atom. The number of aliphatic hydroxyl groups excluding tert-OH is 1. The van der Waals surface area contributed by atoms with Gasteiger partial charge in [-0.15, -0.1) is 0 Å². The molecule has 1 atom stereocenters. The summed E-state index contributed by atoms with van der Waals surface area (Å²) in [6, 6.07) is 13.3. The van der Waals surface area contributed by atoms with Gasteiger partial charge < -0.3 is 19.3 Å². The van der Waals surface area contributed by atoms with E-state index in [4.69, 9.17) is 9.26 Å². The lowest BCUT2D eigenvalue weighted by molar-refractivity contribution is 0.154. The summed E-state index contributed by atoms with van der Waals surface area (Å²) in [4.78, 5) is 10.9. The van der Waals surface area contributed by atoms with E-state index in [0.717, 1.165) is 36.5 Å². The molecule has 0 radical (unpaired) electrons. The van der Waals surface area contributed by atoms with Gasteiger partial charge in [0.2, 0.25) is 5.82 Å². The van der Waals surface area contributed by atoms with Crippen LogP contribution >= 0.6 is 0 Å². The lowest BCUT2D eigenvalue weighted by Gasteiger charge is -2.30. The van der Waals surface area contributed by atoms with Crippen molar-refractivity contribution in [3.8, 4) is 17.2 Å². The van der Waals surface area contributed by atoms with E-state index in [1.807, 2.05) is 42.5 Å². The largest absolute Gasteiger partial charge is 0.485 e. The molecule has 26 heavy (non-hydrogen) atoms. The molecule has 7 heteroatoms. The Balaban J connectivity index is 1.41. The Hall–Kier alpha value is -2.93. The molecule has 0 amide bonds. The zero-order valence-electron chi connectivity index (χ0n) is 14.3. The van der Waals surface area contributed by atoms with Gasteiger partial charge in [0.15, 0.2) is 6.61 Å². The van der Waals surface area contributed by atoms with Gasteiger partial charge >= 0.3 is 0 Å². The highest BCUT2D eigenvalue weighted by Gasteiger charge is 2.19. The van der Waals surface area contributed by atoms with Crippen LogP contribution in [0.2, 0.25) is 0 Å². The Morgan fingerprint density at radius 1 is 1.19 bits per heavy atom. The molecule has 0 unspecified atom stereocenters. The van der Waals surface area contributed by atoms with Gasteiger partial charge in [0.1, 0.15) is 11.6 Å². The van der Waals surface area contributed by atoms with Crippen molar-refractivity contribution in [2.45, 2.75) is 25.6 Å². The van der Waals surface area contributed by atoms with Crippen molar-refractivity contribution in [2.24, 2.45) is 0 Å². The number of ether oxygens (including phenoxy) is 1. The molecule has 1 N–H and O–H groups in total. The number of pyridine rings is 1. The third-order valence-electron chi connectivity index (χ3n) is 4.29. The second-order valence-corrected chi connectivity index (χ2v) is 6.26. The van der Waals surface area contributed by atoms with Crippen molar-refractivity contribution < 1.29 is 14.4 Å². The summed E-state index contributed by atoms with van der Waals surface area (Å²) in [5.41, 5.74) is 0.754. The van der Waals surface area contributed by atoms with Crippen molar-refractivity contribution in [1.82, 2.24) is 15.1 Å². The minimum atomic E-state index is -0.284. The number of rotatable bonds is 5. The van der Waals surface area contributed by atoms with E-state index < -0.39 is 0 Å². The first-order valence-electron chi connectivity index (χ1n) is 8.68. The molecular formula is C19H20N4O3. The fourth-order valence-corrected chi connectivity index (χ4v) is 2.96. The molecule has 2 aromatic heterocycles. The quantitative estimate of drug-likeness (QED) is 0.755. The van der Waals surface area contributed by atoms with Gasteiger partial charge in [-0.1, -0.05) is 23.4 Å². The van der Waals surface area contributed by atoms with E-state index in [1.54, 1.807) is 6.20 Å².